The van der Waals surface area contributed by atoms with Crippen molar-refractivity contribution in [2.24, 2.45) is 0 Å². The molecule has 184 valence electrons. The number of Topliss-reactive ketones (excluding diaryl/α,β-unsaturated/α-hetero) is 1. The minimum Gasteiger partial charge on any atom is -0.495 e. The highest BCUT2D eigenvalue weighted by Gasteiger charge is 2.20. The number of benzene rings is 2. The number of hydrogen-bond acceptors (Lipinski definition) is 6. The molecule has 8 heteroatoms. The molecule has 0 unspecified atom stereocenters. The second-order valence-corrected chi connectivity index (χ2v) is 9.75. The van der Waals surface area contributed by atoms with E-state index in [1.54, 1.807) is 7.11 Å². The number of para-hydroxylation sites is 2. The lowest BCUT2D eigenvalue weighted by molar-refractivity contribution is -0.118. The van der Waals surface area contributed by atoms with Crippen LogP contribution in [0.25, 0.3) is 5.69 Å². The molecule has 1 saturated carbocycles. The number of nitrogens with zero attached hydrogens (tertiary/aromatic N) is 3. The molecule has 1 fully saturated rings. The summed E-state index contributed by atoms with van der Waals surface area (Å²) in [5.41, 5.74) is 2.85. The van der Waals surface area contributed by atoms with Crippen LogP contribution in [-0.4, -0.2) is 45.9 Å². The first-order valence-electron chi connectivity index (χ1n) is 12.1. The number of methoxy groups -OCH3 is 1. The Labute approximate surface area is 210 Å². The zero-order valence-corrected chi connectivity index (χ0v) is 21.1. The summed E-state index contributed by atoms with van der Waals surface area (Å²) in [5.74, 6) is 2.21. The summed E-state index contributed by atoms with van der Waals surface area (Å²) < 4.78 is 7.46. The Balaban J connectivity index is 1.49. The predicted molar refractivity (Wildman–Crippen MR) is 138 cm³/mol. The third-order valence-corrected chi connectivity index (χ3v) is 7.32. The normalized spacial score (nSPS) is 14.0. The van der Waals surface area contributed by atoms with Gasteiger partial charge in [0, 0.05) is 25.5 Å². The monoisotopic (exact) mass is 492 g/mol. The Morgan fingerprint density at radius 1 is 1.06 bits per heavy atom. The van der Waals surface area contributed by atoms with E-state index in [1.807, 2.05) is 41.0 Å². The van der Waals surface area contributed by atoms with Crippen LogP contribution in [0, 0.1) is 0 Å². The van der Waals surface area contributed by atoms with E-state index < -0.39 is 0 Å². The van der Waals surface area contributed by atoms with E-state index in [0.717, 1.165) is 5.69 Å². The molecular weight excluding hydrogens is 460 g/mol. The van der Waals surface area contributed by atoms with Gasteiger partial charge in [0.05, 0.1) is 18.6 Å². The Bertz CT molecular complexity index is 1150. The van der Waals surface area contributed by atoms with Gasteiger partial charge in [0.2, 0.25) is 5.91 Å². The first-order chi connectivity index (χ1) is 17.1. The van der Waals surface area contributed by atoms with Crippen LogP contribution in [0.2, 0.25) is 0 Å². The van der Waals surface area contributed by atoms with Gasteiger partial charge in [0.15, 0.2) is 10.9 Å². The summed E-state index contributed by atoms with van der Waals surface area (Å²) in [4.78, 5) is 24.3. The molecule has 7 nitrogen and oxygen atoms in total. The molecule has 0 aliphatic heterocycles. The molecule has 1 heterocycles. The van der Waals surface area contributed by atoms with Gasteiger partial charge >= 0.3 is 0 Å². The molecule has 1 aromatic heterocycles. The van der Waals surface area contributed by atoms with E-state index >= 15 is 0 Å². The van der Waals surface area contributed by atoms with Crippen LogP contribution in [0.15, 0.2) is 53.7 Å². The Hall–Kier alpha value is -3.13. The number of carbonyl (C=O) groups excluding carboxylic acids is 2. The van der Waals surface area contributed by atoms with Gasteiger partial charge in [-0.05, 0) is 36.5 Å². The van der Waals surface area contributed by atoms with E-state index in [1.165, 1.54) is 56.4 Å². The van der Waals surface area contributed by atoms with Gasteiger partial charge in [0.1, 0.15) is 11.6 Å². The average molecular weight is 493 g/mol. The quantitative estimate of drug-likeness (QED) is 0.317. The molecule has 2 aromatic carbocycles. The van der Waals surface area contributed by atoms with Crippen molar-refractivity contribution >= 4 is 23.5 Å². The van der Waals surface area contributed by atoms with Crippen molar-refractivity contribution in [3.63, 3.8) is 0 Å². The van der Waals surface area contributed by atoms with Crippen molar-refractivity contribution in [2.75, 3.05) is 19.4 Å². The summed E-state index contributed by atoms with van der Waals surface area (Å²) >= 11 is 1.35. The average Bonchev–Trinajstić information content (AvgIpc) is 3.30. The zero-order chi connectivity index (χ0) is 24.6. The van der Waals surface area contributed by atoms with Gasteiger partial charge in [-0.2, -0.15) is 0 Å². The maximum atomic E-state index is 13.0. The van der Waals surface area contributed by atoms with Crippen molar-refractivity contribution < 1.29 is 14.3 Å². The molecule has 1 aliphatic carbocycles. The van der Waals surface area contributed by atoms with Gasteiger partial charge < -0.3 is 10.1 Å². The molecule has 1 aliphatic rings. The third-order valence-electron chi connectivity index (χ3n) is 6.39. The third kappa shape index (κ3) is 6.31. The Morgan fingerprint density at radius 2 is 1.80 bits per heavy atom. The molecule has 0 spiro atoms. The number of nitrogens with one attached hydrogen (secondary N) is 1. The van der Waals surface area contributed by atoms with E-state index in [2.05, 4.69) is 27.6 Å². The fourth-order valence-corrected chi connectivity index (χ4v) is 5.41. The number of thioether (sulfide) groups is 1. The minimum atomic E-state index is -0.0944. The molecule has 0 atom stereocenters. The first kappa shape index (κ1) is 25.0. The molecule has 35 heavy (non-hydrogen) atoms. The number of rotatable bonds is 10. The highest BCUT2D eigenvalue weighted by molar-refractivity contribution is 7.99. The van der Waals surface area contributed by atoms with Crippen molar-refractivity contribution in [3.8, 4) is 11.4 Å². The lowest BCUT2D eigenvalue weighted by Gasteiger charge is -2.22. The molecule has 1 N–H and O–H groups in total. The van der Waals surface area contributed by atoms with Gasteiger partial charge in [-0.1, -0.05) is 67.4 Å². The van der Waals surface area contributed by atoms with E-state index in [4.69, 9.17) is 4.74 Å². The van der Waals surface area contributed by atoms with Gasteiger partial charge in [-0.25, -0.2) is 0 Å². The SMILES string of the molecule is COc1ccccc1-n1c(CCNC(C)=O)nnc1SCC(=O)c1ccc(C2CCCCC2)cc1. The summed E-state index contributed by atoms with van der Waals surface area (Å²) in [6.07, 6.45) is 6.90. The topological polar surface area (TPSA) is 86.1 Å². The minimum absolute atomic E-state index is 0.0552. The molecule has 0 saturated heterocycles. The van der Waals surface area contributed by atoms with Crippen LogP contribution < -0.4 is 10.1 Å². The maximum Gasteiger partial charge on any atom is 0.216 e. The highest BCUT2D eigenvalue weighted by Crippen LogP contribution is 2.33. The molecule has 1 amide bonds. The van der Waals surface area contributed by atoms with Crippen LogP contribution >= 0.6 is 11.8 Å². The number of carbonyl (C=O) groups is 2. The summed E-state index contributed by atoms with van der Waals surface area (Å²) in [5, 5.41) is 12.1. The van der Waals surface area contributed by atoms with Crippen LogP contribution in [-0.2, 0) is 11.2 Å². The van der Waals surface area contributed by atoms with Crippen molar-refractivity contribution in [1.82, 2.24) is 20.1 Å². The second-order valence-electron chi connectivity index (χ2n) is 8.81. The van der Waals surface area contributed by atoms with Crippen molar-refractivity contribution in [2.45, 2.75) is 56.5 Å². The largest absolute Gasteiger partial charge is 0.495 e. The summed E-state index contributed by atoms with van der Waals surface area (Å²) in [6.45, 7) is 1.93. The van der Waals surface area contributed by atoms with Gasteiger partial charge in [0.25, 0.3) is 0 Å². The van der Waals surface area contributed by atoms with Crippen molar-refractivity contribution in [1.29, 1.82) is 0 Å². The first-order valence-corrected chi connectivity index (χ1v) is 13.1. The van der Waals surface area contributed by atoms with E-state index in [-0.39, 0.29) is 17.4 Å². The maximum absolute atomic E-state index is 13.0. The van der Waals surface area contributed by atoms with E-state index in [0.29, 0.717) is 41.2 Å². The van der Waals surface area contributed by atoms with Gasteiger partial charge in [-0.15, -0.1) is 10.2 Å². The lowest BCUT2D eigenvalue weighted by Crippen LogP contribution is -2.23. The molecule has 4 rings (SSSR count). The standard InChI is InChI=1S/C27H32N4O3S/c1-19(32)28-17-16-26-29-30-27(31(26)23-10-6-7-11-25(23)34-2)35-18-24(33)22-14-12-21(13-15-22)20-8-4-3-5-9-20/h6-7,10-15,20H,3-5,8-9,16-18H2,1-2H3,(H,28,32). The smallest absolute Gasteiger partial charge is 0.216 e. The molecular formula is C27H32N4O3S. The molecule has 0 bridgehead atoms. The van der Waals surface area contributed by atoms with E-state index in [9.17, 15) is 9.59 Å². The second kappa shape index (κ2) is 12.0. The van der Waals surface area contributed by atoms with Crippen molar-refractivity contribution in [3.05, 3.63) is 65.5 Å². The zero-order valence-electron chi connectivity index (χ0n) is 20.3. The number of ketones is 1. The molecule has 3 aromatic rings. The number of hydrogen-bond donors (Lipinski definition) is 1. The number of amides is 1. The van der Waals surface area contributed by atoms with Crippen LogP contribution in [0.4, 0.5) is 0 Å². The Morgan fingerprint density at radius 3 is 2.51 bits per heavy atom. The number of aromatic nitrogens is 3. The van der Waals surface area contributed by atoms with Crippen LogP contribution in [0.1, 0.15) is 66.7 Å². The Kier molecular flexibility index (Phi) is 8.58. The summed E-state index contributed by atoms with van der Waals surface area (Å²) in [6, 6.07) is 15.8. The van der Waals surface area contributed by atoms with Crippen LogP contribution in [0.5, 0.6) is 5.75 Å². The summed E-state index contributed by atoms with van der Waals surface area (Å²) in [7, 11) is 1.62. The number of ether oxygens (including phenoxy) is 1. The fourth-order valence-electron chi connectivity index (χ4n) is 4.55. The van der Waals surface area contributed by atoms with Gasteiger partial charge in [-0.3, -0.25) is 14.2 Å². The molecule has 0 radical (unpaired) electrons. The lowest BCUT2D eigenvalue weighted by atomic mass is 9.84. The predicted octanol–water partition coefficient (Wildman–Crippen LogP) is 4.98. The fraction of sp³-hybridized carbons (Fsp3) is 0.407. The highest BCUT2D eigenvalue weighted by atomic mass is 32.2. The van der Waals surface area contributed by atoms with Crippen LogP contribution in [0.3, 0.4) is 0 Å².